The molecule has 1 aromatic rings. The normalized spacial score (nSPS) is 10.4. The van der Waals surface area contributed by atoms with Gasteiger partial charge in [0.15, 0.2) is 5.69 Å². The summed E-state index contributed by atoms with van der Waals surface area (Å²) in [6.07, 6.45) is 0. The van der Waals surface area contributed by atoms with Crippen molar-refractivity contribution < 1.29 is 4.79 Å². The second-order valence-electron chi connectivity index (χ2n) is 3.30. The van der Waals surface area contributed by atoms with Gasteiger partial charge < -0.3 is 10.2 Å². The van der Waals surface area contributed by atoms with Gasteiger partial charge in [0.2, 0.25) is 0 Å². The third-order valence-corrected chi connectivity index (χ3v) is 2.28. The molecule has 5 nitrogen and oxygen atoms in total. The summed E-state index contributed by atoms with van der Waals surface area (Å²) < 4.78 is 0.775. The van der Waals surface area contributed by atoms with Crippen LogP contribution >= 0.6 is 22.6 Å². The van der Waals surface area contributed by atoms with Crippen molar-refractivity contribution in [3.63, 3.8) is 0 Å². The summed E-state index contributed by atoms with van der Waals surface area (Å²) in [6, 6.07) is 3.42. The largest absolute Gasteiger partial charge is 0.349 e. The summed E-state index contributed by atoms with van der Waals surface area (Å²) in [6.45, 7) is 1.42. The van der Waals surface area contributed by atoms with Crippen LogP contribution in [-0.4, -0.2) is 48.2 Å². The highest BCUT2D eigenvalue weighted by Crippen LogP contribution is 1.99. The number of amides is 1. The number of carbonyl (C=O) groups is 1. The van der Waals surface area contributed by atoms with E-state index in [4.69, 9.17) is 0 Å². The summed E-state index contributed by atoms with van der Waals surface area (Å²) in [5.41, 5.74) is 0.356. The van der Waals surface area contributed by atoms with Gasteiger partial charge in [0.1, 0.15) is 3.70 Å². The molecule has 0 aromatic carbocycles. The van der Waals surface area contributed by atoms with Crippen LogP contribution in [0.25, 0.3) is 0 Å². The Morgan fingerprint density at radius 2 is 2.20 bits per heavy atom. The maximum atomic E-state index is 11.5. The van der Waals surface area contributed by atoms with Gasteiger partial charge in [0, 0.05) is 13.1 Å². The SMILES string of the molecule is CN(C)CCNC(=O)c1ccc([131I])nn1. The third kappa shape index (κ3) is 4.52. The van der Waals surface area contributed by atoms with Crippen molar-refractivity contribution in [2.45, 2.75) is 0 Å². The van der Waals surface area contributed by atoms with Gasteiger partial charge in [-0.2, -0.15) is 0 Å². The van der Waals surface area contributed by atoms with Crippen LogP contribution in [0.2, 0.25) is 0 Å². The fraction of sp³-hybridized carbons (Fsp3) is 0.444. The number of nitrogens with one attached hydrogen (secondary N) is 1. The molecule has 0 unspecified atom stereocenters. The number of rotatable bonds is 4. The highest BCUT2D eigenvalue weighted by atomic mass is 131. The highest BCUT2D eigenvalue weighted by Gasteiger charge is 2.06. The van der Waals surface area contributed by atoms with Crippen LogP contribution in [0.4, 0.5) is 0 Å². The predicted octanol–water partition coefficient (Wildman–Crippen LogP) is 0.373. The van der Waals surface area contributed by atoms with E-state index in [1.54, 1.807) is 12.1 Å². The molecule has 0 aliphatic rings. The molecule has 1 rings (SSSR count). The van der Waals surface area contributed by atoms with Crippen LogP contribution in [-0.2, 0) is 0 Å². The zero-order valence-electron chi connectivity index (χ0n) is 8.70. The molecular formula is C9H13IN4O. The first-order valence-electron chi connectivity index (χ1n) is 4.52. The topological polar surface area (TPSA) is 58.1 Å². The first-order chi connectivity index (χ1) is 7.09. The summed E-state index contributed by atoms with van der Waals surface area (Å²) in [5.74, 6) is -0.180. The van der Waals surface area contributed by atoms with E-state index in [1.807, 2.05) is 41.6 Å². The molecule has 1 N–H and O–H groups in total. The van der Waals surface area contributed by atoms with Crippen LogP contribution in [0, 0.1) is 3.70 Å². The summed E-state index contributed by atoms with van der Waals surface area (Å²) in [7, 11) is 3.91. The van der Waals surface area contributed by atoms with Crippen molar-refractivity contribution in [1.82, 2.24) is 20.4 Å². The van der Waals surface area contributed by atoms with E-state index in [9.17, 15) is 4.79 Å². The number of hydrogen-bond acceptors (Lipinski definition) is 4. The van der Waals surface area contributed by atoms with Gasteiger partial charge in [-0.1, -0.05) is 0 Å². The van der Waals surface area contributed by atoms with Crippen molar-refractivity contribution >= 4 is 28.5 Å². The van der Waals surface area contributed by atoms with Crippen molar-refractivity contribution in [3.05, 3.63) is 21.5 Å². The van der Waals surface area contributed by atoms with Crippen LogP contribution in [0.3, 0.4) is 0 Å². The molecule has 0 radical (unpaired) electrons. The third-order valence-electron chi connectivity index (χ3n) is 1.71. The molecule has 1 amide bonds. The molecule has 6 heteroatoms. The summed E-state index contributed by atoms with van der Waals surface area (Å²) in [4.78, 5) is 13.5. The van der Waals surface area contributed by atoms with Crippen LogP contribution in [0.15, 0.2) is 12.1 Å². The highest BCUT2D eigenvalue weighted by molar-refractivity contribution is 14.1. The van der Waals surface area contributed by atoms with Gasteiger partial charge in [-0.05, 0) is 48.8 Å². The minimum absolute atomic E-state index is 0.180. The molecule has 15 heavy (non-hydrogen) atoms. The lowest BCUT2D eigenvalue weighted by Crippen LogP contribution is -2.31. The predicted molar refractivity (Wildman–Crippen MR) is 65.6 cm³/mol. The second-order valence-corrected chi connectivity index (χ2v) is 4.41. The lowest BCUT2D eigenvalue weighted by Gasteiger charge is -2.09. The number of aromatic nitrogens is 2. The molecule has 0 saturated heterocycles. The fourth-order valence-electron chi connectivity index (χ4n) is 0.921. The van der Waals surface area contributed by atoms with E-state index >= 15 is 0 Å². The van der Waals surface area contributed by atoms with Gasteiger partial charge in [0.25, 0.3) is 5.91 Å². The van der Waals surface area contributed by atoms with Crippen molar-refractivity contribution in [2.75, 3.05) is 27.2 Å². The number of likely N-dealkylation sites (N-methyl/N-ethyl adjacent to an activating group) is 1. The van der Waals surface area contributed by atoms with Crippen LogP contribution in [0.1, 0.15) is 10.5 Å². The number of carbonyl (C=O) groups excluding carboxylic acids is 1. The Balaban J connectivity index is 2.43. The standard InChI is InChI=1S/C9H13IN4O/c1-14(2)6-5-11-9(15)7-3-4-8(10)13-12-7/h3-4H,5-6H2,1-2H3,(H,11,15)/i10+4. The molecule has 0 fully saturated rings. The minimum atomic E-state index is -0.180. The lowest BCUT2D eigenvalue weighted by molar-refractivity contribution is 0.0945. The average molecular weight is 324 g/mol. The molecular weight excluding hydrogens is 311 g/mol. The molecule has 1 aromatic heterocycles. The Morgan fingerprint density at radius 1 is 1.47 bits per heavy atom. The van der Waals surface area contributed by atoms with Gasteiger partial charge in [0.05, 0.1) is 0 Å². The summed E-state index contributed by atoms with van der Waals surface area (Å²) >= 11 is 2.05. The Labute approximate surface area is 102 Å². The van der Waals surface area contributed by atoms with Crippen LogP contribution < -0.4 is 5.32 Å². The molecule has 1 heterocycles. The van der Waals surface area contributed by atoms with Crippen molar-refractivity contribution in [1.29, 1.82) is 0 Å². The van der Waals surface area contributed by atoms with Crippen LogP contribution in [0.5, 0.6) is 0 Å². The van der Waals surface area contributed by atoms with Gasteiger partial charge in [-0.25, -0.2) is 0 Å². The number of hydrogen-bond donors (Lipinski definition) is 1. The summed E-state index contributed by atoms with van der Waals surface area (Å²) in [5, 5.41) is 10.4. The maximum Gasteiger partial charge on any atom is 0.271 e. The first kappa shape index (κ1) is 12.3. The fourth-order valence-corrected chi connectivity index (χ4v) is 1.21. The molecule has 0 bridgehead atoms. The minimum Gasteiger partial charge on any atom is -0.349 e. The average Bonchev–Trinajstić information content (AvgIpc) is 2.18. The van der Waals surface area contributed by atoms with E-state index in [1.165, 1.54) is 0 Å². The van der Waals surface area contributed by atoms with E-state index in [0.717, 1.165) is 10.2 Å². The molecule has 0 saturated carbocycles. The van der Waals surface area contributed by atoms with E-state index < -0.39 is 0 Å². The van der Waals surface area contributed by atoms with E-state index in [-0.39, 0.29) is 5.91 Å². The maximum absolute atomic E-state index is 11.5. The quantitative estimate of drug-likeness (QED) is 0.813. The van der Waals surface area contributed by atoms with Gasteiger partial charge in [-0.15, -0.1) is 10.2 Å². The second kappa shape index (κ2) is 5.96. The molecule has 0 atom stereocenters. The Morgan fingerprint density at radius 3 is 2.73 bits per heavy atom. The van der Waals surface area contributed by atoms with Gasteiger partial charge >= 0.3 is 0 Å². The monoisotopic (exact) mass is 324 g/mol. The molecule has 82 valence electrons. The first-order valence-corrected chi connectivity index (χ1v) is 5.59. The zero-order chi connectivity index (χ0) is 11.3. The zero-order valence-corrected chi connectivity index (χ0v) is 10.9. The van der Waals surface area contributed by atoms with E-state index in [0.29, 0.717) is 12.2 Å². The number of halogens is 1. The van der Waals surface area contributed by atoms with E-state index in [2.05, 4.69) is 15.5 Å². The number of nitrogens with zero attached hydrogens (tertiary/aromatic N) is 3. The smallest absolute Gasteiger partial charge is 0.271 e. The van der Waals surface area contributed by atoms with Crippen molar-refractivity contribution in [3.8, 4) is 0 Å². The molecule has 0 aliphatic heterocycles. The Kier molecular flexibility index (Phi) is 4.89. The Bertz CT molecular complexity index is 325. The lowest BCUT2D eigenvalue weighted by atomic mass is 10.3. The Hall–Kier alpha value is -0.760. The molecule has 0 spiro atoms. The van der Waals surface area contributed by atoms with Crippen molar-refractivity contribution in [2.24, 2.45) is 0 Å². The molecule has 0 aliphatic carbocycles. The van der Waals surface area contributed by atoms with Gasteiger partial charge in [-0.3, -0.25) is 4.79 Å².